The van der Waals surface area contributed by atoms with Crippen LogP contribution < -0.4 is 4.89 Å². The van der Waals surface area contributed by atoms with Crippen molar-refractivity contribution in [2.75, 3.05) is 47.5 Å². The van der Waals surface area contributed by atoms with Gasteiger partial charge in [-0.3, -0.25) is 14.2 Å². The molecule has 0 aromatic carbocycles. The molecule has 1 N–H and O–H groups in total. The fourth-order valence-corrected chi connectivity index (χ4v) is 5.88. The highest BCUT2D eigenvalue weighted by molar-refractivity contribution is 7.45. The van der Waals surface area contributed by atoms with Gasteiger partial charge in [0.25, 0.3) is 7.82 Å². The average molecular weight is 770 g/mol. The number of likely N-dealkylation sites (N-methyl/N-ethyl adjacent to an activating group) is 1. The summed E-state index contributed by atoms with van der Waals surface area (Å²) in [6.07, 6.45) is 34.7. The summed E-state index contributed by atoms with van der Waals surface area (Å²) in [7, 11) is 1.11. The molecule has 0 bridgehead atoms. The molecule has 0 fully saturated rings. The molecule has 0 radical (unpaired) electrons. The number of esters is 2. The maximum Gasteiger partial charge on any atom is 0.306 e. The molecule has 11 heteroatoms. The number of hydrogen-bond donors (Lipinski definition) is 1. The van der Waals surface area contributed by atoms with Crippen molar-refractivity contribution in [3.63, 3.8) is 0 Å². The van der Waals surface area contributed by atoms with Crippen LogP contribution in [0.15, 0.2) is 48.6 Å². The first-order valence-corrected chi connectivity index (χ1v) is 21.9. The van der Waals surface area contributed by atoms with Crippen LogP contribution in [0.4, 0.5) is 0 Å². The Kier molecular flexibility index (Phi) is 33.1. The highest BCUT2D eigenvalue weighted by Gasteiger charge is 2.21. The SMILES string of the molecule is CC/C=C/CC(O)/C=C/C=C/CCCCCCCC(=O)OC[C@H](COP(=O)([O-])OCC[N+](C)(C)C)OC(=O)CCCCCCC/C=C\CCCCCC. The van der Waals surface area contributed by atoms with Gasteiger partial charge in [0.1, 0.15) is 19.8 Å². The van der Waals surface area contributed by atoms with E-state index in [-0.39, 0.29) is 26.1 Å². The van der Waals surface area contributed by atoms with Gasteiger partial charge in [-0.15, -0.1) is 0 Å². The maximum absolute atomic E-state index is 12.6. The van der Waals surface area contributed by atoms with Crippen molar-refractivity contribution in [2.24, 2.45) is 0 Å². The summed E-state index contributed by atoms with van der Waals surface area (Å²) in [5, 5.41) is 9.86. The normalized spacial score (nSPS) is 14.8. The molecule has 308 valence electrons. The Morgan fingerprint density at radius 1 is 0.698 bits per heavy atom. The molecule has 0 heterocycles. The largest absolute Gasteiger partial charge is 0.756 e. The van der Waals surface area contributed by atoms with E-state index in [9.17, 15) is 24.2 Å². The van der Waals surface area contributed by atoms with Gasteiger partial charge in [-0.2, -0.15) is 0 Å². The van der Waals surface area contributed by atoms with E-state index in [2.05, 4.69) is 32.1 Å². The second-order valence-corrected chi connectivity index (χ2v) is 16.2. The molecule has 3 atom stereocenters. The summed E-state index contributed by atoms with van der Waals surface area (Å²) in [5.41, 5.74) is 0. The first-order chi connectivity index (χ1) is 25.4. The molecular weight excluding hydrogens is 693 g/mol. The van der Waals surface area contributed by atoms with Crippen LogP contribution in [0.5, 0.6) is 0 Å². The van der Waals surface area contributed by atoms with Gasteiger partial charge in [-0.25, -0.2) is 0 Å². The number of unbranched alkanes of at least 4 members (excludes halogenated alkanes) is 14. The Bertz CT molecular complexity index is 1070. The third-order valence-corrected chi connectivity index (χ3v) is 9.38. The van der Waals surface area contributed by atoms with Crippen molar-refractivity contribution in [1.29, 1.82) is 0 Å². The van der Waals surface area contributed by atoms with Gasteiger partial charge >= 0.3 is 11.9 Å². The van der Waals surface area contributed by atoms with Gasteiger partial charge in [0.2, 0.25) is 0 Å². The smallest absolute Gasteiger partial charge is 0.306 e. The van der Waals surface area contributed by atoms with Crippen LogP contribution in [0.2, 0.25) is 0 Å². The zero-order valence-electron chi connectivity index (χ0n) is 34.1. The number of ether oxygens (including phenoxy) is 2. The number of phosphoric ester groups is 1. The number of aliphatic hydroxyl groups is 1. The first kappa shape index (κ1) is 50.9. The van der Waals surface area contributed by atoms with Crippen molar-refractivity contribution >= 4 is 19.8 Å². The van der Waals surface area contributed by atoms with Crippen LogP contribution in [-0.4, -0.2) is 81.2 Å². The quantitative estimate of drug-likeness (QED) is 0.0165. The van der Waals surface area contributed by atoms with E-state index in [1.807, 2.05) is 45.4 Å². The number of nitrogens with zero attached hydrogens (tertiary/aromatic N) is 1. The molecule has 0 aliphatic heterocycles. The second-order valence-electron chi connectivity index (χ2n) is 14.8. The fourth-order valence-electron chi connectivity index (χ4n) is 5.15. The zero-order chi connectivity index (χ0) is 39.5. The van der Waals surface area contributed by atoms with E-state index in [1.165, 1.54) is 25.7 Å². The zero-order valence-corrected chi connectivity index (χ0v) is 35.0. The molecule has 10 nitrogen and oxygen atoms in total. The Hall–Kier alpha value is -2.07. The molecule has 0 rings (SSSR count). The Balaban J connectivity index is 4.49. The van der Waals surface area contributed by atoms with E-state index < -0.39 is 38.6 Å². The van der Waals surface area contributed by atoms with Crippen LogP contribution in [-0.2, 0) is 32.7 Å². The van der Waals surface area contributed by atoms with E-state index in [1.54, 1.807) is 6.08 Å². The summed E-state index contributed by atoms with van der Waals surface area (Å²) in [6, 6.07) is 0. The van der Waals surface area contributed by atoms with Gasteiger partial charge in [0.05, 0.1) is 33.9 Å². The summed E-state index contributed by atoms with van der Waals surface area (Å²) in [6.45, 7) is 3.92. The van der Waals surface area contributed by atoms with Crippen molar-refractivity contribution in [2.45, 2.75) is 161 Å². The van der Waals surface area contributed by atoms with Crippen molar-refractivity contribution in [3.8, 4) is 0 Å². The van der Waals surface area contributed by atoms with E-state index in [0.29, 0.717) is 30.3 Å². The maximum atomic E-state index is 12.6. The number of hydrogen-bond acceptors (Lipinski definition) is 9. The van der Waals surface area contributed by atoms with Crippen LogP contribution in [0.3, 0.4) is 0 Å². The predicted octanol–water partition coefficient (Wildman–Crippen LogP) is 9.47. The molecule has 0 aliphatic rings. The number of allylic oxidation sites excluding steroid dienone is 6. The first-order valence-electron chi connectivity index (χ1n) is 20.5. The van der Waals surface area contributed by atoms with Gasteiger partial charge in [-0.1, -0.05) is 120 Å². The van der Waals surface area contributed by atoms with Gasteiger partial charge in [0, 0.05) is 12.8 Å². The molecule has 0 saturated carbocycles. The van der Waals surface area contributed by atoms with Crippen molar-refractivity contribution < 1.29 is 47.2 Å². The standard InChI is InChI=1S/C42H76NO9P/c1-6-8-10-11-12-13-14-15-16-19-23-26-30-34-42(46)52-40(38-51-53(47,48)50-36-35-43(3,4)5)37-49-41(45)33-29-25-22-20-17-18-21-24-28-32-39(44)31-27-9-7-2/h9,13-14,21,24,27-28,32,39-40,44H,6-8,10-12,15-20,22-23,25-26,29-31,33-38H2,1-5H3/b14-13-,24-21+,27-9+,32-28+/t39?,40-/m1/s1. The van der Waals surface area contributed by atoms with E-state index >= 15 is 0 Å². The van der Waals surface area contributed by atoms with E-state index in [0.717, 1.165) is 77.0 Å². The van der Waals surface area contributed by atoms with Crippen LogP contribution in [0.25, 0.3) is 0 Å². The molecule has 0 aromatic heterocycles. The predicted molar refractivity (Wildman–Crippen MR) is 214 cm³/mol. The minimum Gasteiger partial charge on any atom is -0.756 e. The van der Waals surface area contributed by atoms with Crippen molar-refractivity contribution in [1.82, 2.24) is 0 Å². The minimum atomic E-state index is -4.64. The molecule has 53 heavy (non-hydrogen) atoms. The lowest BCUT2D eigenvalue weighted by Crippen LogP contribution is -2.37. The summed E-state index contributed by atoms with van der Waals surface area (Å²) < 4.78 is 33.7. The van der Waals surface area contributed by atoms with Crippen LogP contribution >= 0.6 is 7.82 Å². The Morgan fingerprint density at radius 3 is 1.87 bits per heavy atom. The number of rotatable bonds is 36. The summed E-state index contributed by atoms with van der Waals surface area (Å²) >= 11 is 0. The molecule has 0 saturated heterocycles. The van der Waals surface area contributed by atoms with Gasteiger partial charge < -0.3 is 33.0 Å². The second kappa shape index (κ2) is 34.4. The van der Waals surface area contributed by atoms with Crippen LogP contribution in [0, 0.1) is 0 Å². The topological polar surface area (TPSA) is 131 Å². The summed E-state index contributed by atoms with van der Waals surface area (Å²) in [4.78, 5) is 37.4. The lowest BCUT2D eigenvalue weighted by Gasteiger charge is -2.28. The minimum absolute atomic E-state index is 0.0461. The number of carbonyl (C=O) groups excluding carboxylic acids is 2. The van der Waals surface area contributed by atoms with Gasteiger partial charge in [-0.05, 0) is 64.2 Å². The Labute approximate surface area is 323 Å². The highest BCUT2D eigenvalue weighted by Crippen LogP contribution is 2.38. The molecule has 0 aromatic rings. The number of quaternary nitrogens is 1. The lowest BCUT2D eigenvalue weighted by molar-refractivity contribution is -0.870. The molecule has 0 spiro atoms. The fraction of sp³-hybridized carbons (Fsp3) is 0.762. The van der Waals surface area contributed by atoms with E-state index in [4.69, 9.17) is 18.5 Å². The molecule has 0 amide bonds. The number of carbonyl (C=O) groups is 2. The van der Waals surface area contributed by atoms with Crippen molar-refractivity contribution in [3.05, 3.63) is 48.6 Å². The lowest BCUT2D eigenvalue weighted by atomic mass is 10.1. The summed E-state index contributed by atoms with van der Waals surface area (Å²) in [5.74, 6) is -0.903. The molecule has 0 aliphatic carbocycles. The number of phosphoric acid groups is 1. The average Bonchev–Trinajstić information content (AvgIpc) is 3.09. The number of aliphatic hydroxyl groups excluding tert-OH is 1. The molecular formula is C42H76NO9P. The third kappa shape index (κ3) is 38.0. The monoisotopic (exact) mass is 770 g/mol. The molecule has 2 unspecified atom stereocenters. The van der Waals surface area contributed by atoms with Gasteiger partial charge in [0.15, 0.2) is 6.10 Å². The Morgan fingerprint density at radius 2 is 1.26 bits per heavy atom. The highest BCUT2D eigenvalue weighted by atomic mass is 31.2. The third-order valence-electron chi connectivity index (χ3n) is 8.41. The van der Waals surface area contributed by atoms with Crippen LogP contribution in [0.1, 0.15) is 149 Å².